The Morgan fingerprint density at radius 3 is 2.50 bits per heavy atom. The zero-order valence-corrected chi connectivity index (χ0v) is 11.8. The molecule has 1 nitrogen and oxygen atoms in total. The lowest BCUT2D eigenvalue weighted by Crippen LogP contribution is -2.40. The number of rotatable bonds is 4. The molecule has 1 fully saturated rings. The van der Waals surface area contributed by atoms with E-state index in [-0.39, 0.29) is 0 Å². The molecule has 1 heteroatoms. The lowest BCUT2D eigenvalue weighted by molar-refractivity contribution is -0.0469. The van der Waals surface area contributed by atoms with Crippen LogP contribution in [0.2, 0.25) is 0 Å². The average Bonchev–Trinajstić information content (AvgIpc) is 2.13. The minimum absolute atomic E-state index is 0.435. The predicted octanol–water partition coefficient (Wildman–Crippen LogP) is 4.39. The molecular formula is C15H30O. The topological polar surface area (TPSA) is 20.2 Å². The van der Waals surface area contributed by atoms with E-state index in [4.69, 9.17) is 0 Å². The first-order valence-electron chi connectivity index (χ1n) is 6.95. The number of hydrogen-bond acceptors (Lipinski definition) is 1. The Hall–Kier alpha value is -0.0400. The van der Waals surface area contributed by atoms with Gasteiger partial charge in [0.15, 0.2) is 0 Å². The van der Waals surface area contributed by atoms with Crippen LogP contribution in [0.5, 0.6) is 0 Å². The molecule has 0 aromatic rings. The molecule has 1 saturated carbocycles. The van der Waals surface area contributed by atoms with Gasteiger partial charge in [0.25, 0.3) is 0 Å². The summed E-state index contributed by atoms with van der Waals surface area (Å²) in [7, 11) is 0. The molecule has 0 spiro atoms. The highest BCUT2D eigenvalue weighted by atomic mass is 16.3. The second kappa shape index (κ2) is 5.08. The smallest absolute Gasteiger partial charge is 0.0648 e. The average molecular weight is 226 g/mol. The lowest BCUT2D eigenvalue weighted by atomic mass is 9.66. The second-order valence-electron chi connectivity index (χ2n) is 7.25. The van der Waals surface area contributed by atoms with Gasteiger partial charge in [-0.15, -0.1) is 0 Å². The third kappa shape index (κ3) is 4.08. The van der Waals surface area contributed by atoms with Crippen molar-refractivity contribution >= 4 is 0 Å². The van der Waals surface area contributed by atoms with Crippen molar-refractivity contribution in [3.8, 4) is 0 Å². The lowest BCUT2D eigenvalue weighted by Gasteiger charge is -2.42. The van der Waals surface area contributed by atoms with Gasteiger partial charge in [0.2, 0.25) is 0 Å². The van der Waals surface area contributed by atoms with Crippen molar-refractivity contribution in [3.63, 3.8) is 0 Å². The van der Waals surface area contributed by atoms with Gasteiger partial charge in [-0.2, -0.15) is 0 Å². The molecule has 0 amide bonds. The van der Waals surface area contributed by atoms with Gasteiger partial charge in [-0.25, -0.2) is 0 Å². The van der Waals surface area contributed by atoms with Gasteiger partial charge < -0.3 is 5.11 Å². The minimum Gasteiger partial charge on any atom is -0.390 e. The zero-order chi connectivity index (χ0) is 12.4. The van der Waals surface area contributed by atoms with E-state index >= 15 is 0 Å². The van der Waals surface area contributed by atoms with Gasteiger partial charge in [0, 0.05) is 0 Å². The fraction of sp³-hybridized carbons (Fsp3) is 1.00. The molecule has 0 bridgehead atoms. The van der Waals surface area contributed by atoms with Crippen LogP contribution in [0.25, 0.3) is 0 Å². The highest BCUT2D eigenvalue weighted by Crippen LogP contribution is 2.44. The predicted molar refractivity (Wildman–Crippen MR) is 70.4 cm³/mol. The van der Waals surface area contributed by atoms with Crippen LogP contribution in [-0.2, 0) is 0 Å². The van der Waals surface area contributed by atoms with Crippen molar-refractivity contribution in [2.45, 2.75) is 78.7 Å². The van der Waals surface area contributed by atoms with E-state index < -0.39 is 5.60 Å². The highest BCUT2D eigenvalue weighted by molar-refractivity contribution is 4.89. The molecule has 0 heterocycles. The van der Waals surface area contributed by atoms with E-state index in [1.54, 1.807) is 0 Å². The monoisotopic (exact) mass is 226 g/mol. The standard InChI is InChI=1S/C15H30O/c1-12(2)8-10-15(5,16)13-7-6-9-14(3,4)11-13/h12-13,16H,6-11H2,1-5H3. The van der Waals surface area contributed by atoms with E-state index in [2.05, 4.69) is 34.6 Å². The Kier molecular flexibility index (Phi) is 4.45. The third-order valence-electron chi connectivity index (χ3n) is 4.31. The van der Waals surface area contributed by atoms with Crippen molar-refractivity contribution in [3.05, 3.63) is 0 Å². The van der Waals surface area contributed by atoms with Crippen LogP contribution in [0, 0.1) is 17.3 Å². The number of aliphatic hydroxyl groups is 1. The maximum atomic E-state index is 10.6. The Balaban J connectivity index is 2.53. The van der Waals surface area contributed by atoms with Crippen molar-refractivity contribution in [1.29, 1.82) is 0 Å². The normalized spacial score (nSPS) is 29.1. The van der Waals surface area contributed by atoms with E-state index in [9.17, 15) is 5.11 Å². The van der Waals surface area contributed by atoms with Crippen LogP contribution in [0.1, 0.15) is 73.1 Å². The molecule has 0 aromatic heterocycles. The fourth-order valence-corrected chi connectivity index (χ4v) is 3.01. The zero-order valence-electron chi connectivity index (χ0n) is 11.8. The Labute approximate surface area is 102 Å². The summed E-state index contributed by atoms with van der Waals surface area (Å²) in [6.45, 7) is 11.2. The van der Waals surface area contributed by atoms with Gasteiger partial charge >= 0.3 is 0 Å². The summed E-state index contributed by atoms with van der Waals surface area (Å²) in [5.74, 6) is 1.21. The summed E-state index contributed by atoms with van der Waals surface area (Å²) in [5.41, 5.74) is -0.00724. The molecule has 1 N–H and O–H groups in total. The van der Waals surface area contributed by atoms with Crippen molar-refractivity contribution in [2.75, 3.05) is 0 Å². The number of hydrogen-bond donors (Lipinski definition) is 1. The van der Waals surface area contributed by atoms with Crippen molar-refractivity contribution in [1.82, 2.24) is 0 Å². The van der Waals surface area contributed by atoms with Crippen LogP contribution in [-0.4, -0.2) is 10.7 Å². The molecule has 1 aliphatic carbocycles. The molecule has 2 atom stereocenters. The van der Waals surface area contributed by atoms with Gasteiger partial charge in [-0.1, -0.05) is 34.1 Å². The summed E-state index contributed by atoms with van der Waals surface area (Å²) < 4.78 is 0. The Morgan fingerprint density at radius 1 is 1.38 bits per heavy atom. The first kappa shape index (κ1) is 14.0. The first-order chi connectivity index (χ1) is 7.23. The maximum Gasteiger partial charge on any atom is 0.0648 e. The van der Waals surface area contributed by atoms with Gasteiger partial charge in [0.05, 0.1) is 5.60 Å². The van der Waals surface area contributed by atoms with Crippen LogP contribution < -0.4 is 0 Å². The quantitative estimate of drug-likeness (QED) is 0.753. The molecule has 1 aliphatic rings. The van der Waals surface area contributed by atoms with Gasteiger partial charge in [0.1, 0.15) is 0 Å². The second-order valence-corrected chi connectivity index (χ2v) is 7.25. The first-order valence-corrected chi connectivity index (χ1v) is 6.95. The molecule has 0 aromatic carbocycles. The van der Waals surface area contributed by atoms with Crippen molar-refractivity contribution < 1.29 is 5.11 Å². The highest BCUT2D eigenvalue weighted by Gasteiger charge is 2.38. The summed E-state index contributed by atoms with van der Waals surface area (Å²) >= 11 is 0. The van der Waals surface area contributed by atoms with Crippen molar-refractivity contribution in [2.24, 2.45) is 17.3 Å². The molecule has 0 radical (unpaired) electrons. The Bertz CT molecular complexity index is 215. The molecule has 2 unspecified atom stereocenters. The molecule has 1 rings (SSSR count). The molecular weight excluding hydrogens is 196 g/mol. The summed E-state index contributed by atoms with van der Waals surface area (Å²) in [5, 5.41) is 10.6. The fourth-order valence-electron chi connectivity index (χ4n) is 3.01. The SMILES string of the molecule is CC(C)CCC(C)(O)C1CCCC(C)(C)C1. The Morgan fingerprint density at radius 2 is 2.00 bits per heavy atom. The minimum atomic E-state index is -0.442. The molecule has 96 valence electrons. The van der Waals surface area contributed by atoms with Crippen LogP contribution in [0.15, 0.2) is 0 Å². The summed E-state index contributed by atoms with van der Waals surface area (Å²) in [6, 6.07) is 0. The summed E-state index contributed by atoms with van der Waals surface area (Å²) in [6.07, 6.45) is 7.13. The van der Waals surface area contributed by atoms with Crippen LogP contribution in [0.4, 0.5) is 0 Å². The van der Waals surface area contributed by atoms with Gasteiger partial charge in [-0.3, -0.25) is 0 Å². The summed E-state index contributed by atoms with van der Waals surface area (Å²) in [4.78, 5) is 0. The van der Waals surface area contributed by atoms with E-state index in [1.165, 1.54) is 25.7 Å². The molecule has 0 aliphatic heterocycles. The van der Waals surface area contributed by atoms with E-state index in [0.29, 0.717) is 17.3 Å². The van der Waals surface area contributed by atoms with Crippen LogP contribution in [0.3, 0.4) is 0 Å². The largest absolute Gasteiger partial charge is 0.390 e. The van der Waals surface area contributed by atoms with Crippen LogP contribution >= 0.6 is 0 Å². The van der Waals surface area contributed by atoms with E-state index in [1.807, 2.05) is 0 Å². The maximum absolute atomic E-state index is 10.6. The molecule has 16 heavy (non-hydrogen) atoms. The third-order valence-corrected chi connectivity index (χ3v) is 4.31. The molecule has 0 saturated heterocycles. The van der Waals surface area contributed by atoms with Gasteiger partial charge in [-0.05, 0) is 56.3 Å². The van der Waals surface area contributed by atoms with E-state index in [0.717, 1.165) is 12.8 Å².